The lowest BCUT2D eigenvalue weighted by Gasteiger charge is -2.16. The number of aromatic nitrogens is 1. The molecule has 0 saturated carbocycles. The molecule has 0 amide bonds. The van der Waals surface area contributed by atoms with Crippen LogP contribution >= 0.6 is 11.6 Å². The SMILES string of the molecule is Cc1cc(OC(C)C)c(C)cc1Nc1ccc2cccc(Cl)c2n1. The number of rotatable bonds is 4. The second kappa shape index (κ2) is 6.70. The Balaban J connectivity index is 1.93. The highest BCUT2D eigenvalue weighted by molar-refractivity contribution is 6.35. The van der Waals surface area contributed by atoms with Gasteiger partial charge in [0.1, 0.15) is 11.6 Å². The molecule has 0 bridgehead atoms. The number of nitrogens with one attached hydrogen (secondary N) is 1. The number of para-hydroxylation sites is 1. The van der Waals surface area contributed by atoms with Gasteiger partial charge in [-0.1, -0.05) is 23.7 Å². The molecule has 2 aromatic carbocycles. The highest BCUT2D eigenvalue weighted by atomic mass is 35.5. The molecule has 3 rings (SSSR count). The minimum Gasteiger partial charge on any atom is -0.491 e. The topological polar surface area (TPSA) is 34.1 Å². The number of anilines is 2. The molecule has 1 aromatic heterocycles. The lowest BCUT2D eigenvalue weighted by Crippen LogP contribution is -2.07. The quantitative estimate of drug-likeness (QED) is 0.629. The molecule has 3 nitrogen and oxygen atoms in total. The molecule has 1 heterocycles. The molecular formula is C20H21ClN2O. The van der Waals surface area contributed by atoms with Crippen molar-refractivity contribution in [3.63, 3.8) is 0 Å². The second-order valence-corrected chi connectivity index (χ2v) is 6.64. The number of hydrogen-bond donors (Lipinski definition) is 1. The first-order chi connectivity index (χ1) is 11.4. The summed E-state index contributed by atoms with van der Waals surface area (Å²) in [5.41, 5.74) is 4.02. The van der Waals surface area contributed by atoms with Crippen molar-refractivity contribution < 1.29 is 4.74 Å². The number of hydrogen-bond acceptors (Lipinski definition) is 3. The van der Waals surface area contributed by atoms with Gasteiger partial charge in [-0.15, -0.1) is 0 Å². The van der Waals surface area contributed by atoms with E-state index in [0.29, 0.717) is 5.02 Å². The predicted octanol–water partition coefficient (Wildman–Crippen LogP) is 6.04. The Hall–Kier alpha value is -2.26. The summed E-state index contributed by atoms with van der Waals surface area (Å²) in [5.74, 6) is 1.69. The van der Waals surface area contributed by atoms with Gasteiger partial charge in [0.2, 0.25) is 0 Å². The van der Waals surface area contributed by atoms with Crippen molar-refractivity contribution in [2.24, 2.45) is 0 Å². The van der Waals surface area contributed by atoms with Gasteiger partial charge in [-0.2, -0.15) is 0 Å². The van der Waals surface area contributed by atoms with E-state index in [1.165, 1.54) is 0 Å². The highest BCUT2D eigenvalue weighted by Gasteiger charge is 2.09. The molecule has 0 atom stereocenters. The molecule has 0 fully saturated rings. The van der Waals surface area contributed by atoms with Crippen LogP contribution in [0.4, 0.5) is 11.5 Å². The zero-order valence-electron chi connectivity index (χ0n) is 14.4. The number of aryl methyl sites for hydroxylation is 2. The fourth-order valence-corrected chi connectivity index (χ4v) is 2.85. The van der Waals surface area contributed by atoms with Crippen LogP contribution in [0.2, 0.25) is 5.02 Å². The van der Waals surface area contributed by atoms with E-state index in [1.54, 1.807) is 0 Å². The minimum absolute atomic E-state index is 0.159. The van der Waals surface area contributed by atoms with Crippen LogP contribution in [0.15, 0.2) is 42.5 Å². The maximum atomic E-state index is 6.25. The number of nitrogens with zero attached hydrogens (tertiary/aromatic N) is 1. The van der Waals surface area contributed by atoms with E-state index in [4.69, 9.17) is 16.3 Å². The van der Waals surface area contributed by atoms with Crippen molar-refractivity contribution >= 4 is 34.0 Å². The fraction of sp³-hybridized carbons (Fsp3) is 0.250. The highest BCUT2D eigenvalue weighted by Crippen LogP contribution is 2.30. The third-order valence-corrected chi connectivity index (χ3v) is 4.12. The van der Waals surface area contributed by atoms with E-state index in [2.05, 4.69) is 29.4 Å². The van der Waals surface area contributed by atoms with Crippen LogP contribution < -0.4 is 10.1 Å². The molecule has 0 aliphatic heterocycles. The molecule has 1 N–H and O–H groups in total. The van der Waals surface area contributed by atoms with Crippen molar-refractivity contribution in [3.8, 4) is 5.75 Å². The standard InChI is InChI=1S/C20H21ClN2O/c1-12(2)24-18-11-13(3)17(10-14(18)4)22-19-9-8-15-6-5-7-16(21)20(15)23-19/h5-12H,1-4H3,(H,22,23). The Morgan fingerprint density at radius 1 is 1.04 bits per heavy atom. The summed E-state index contributed by atoms with van der Waals surface area (Å²) in [5, 5.41) is 5.07. The molecule has 124 valence electrons. The molecule has 24 heavy (non-hydrogen) atoms. The molecular weight excluding hydrogens is 320 g/mol. The Labute approximate surface area is 147 Å². The Bertz CT molecular complexity index is 890. The Morgan fingerprint density at radius 2 is 1.83 bits per heavy atom. The maximum Gasteiger partial charge on any atom is 0.131 e. The van der Waals surface area contributed by atoms with Crippen molar-refractivity contribution in [2.75, 3.05) is 5.32 Å². The van der Waals surface area contributed by atoms with E-state index in [0.717, 1.165) is 39.3 Å². The molecule has 0 aliphatic carbocycles. The molecule has 0 unspecified atom stereocenters. The number of pyridine rings is 1. The van der Waals surface area contributed by atoms with E-state index in [-0.39, 0.29) is 6.10 Å². The summed E-state index contributed by atoms with van der Waals surface area (Å²) in [6, 6.07) is 13.9. The molecule has 0 saturated heterocycles. The van der Waals surface area contributed by atoms with Crippen LogP contribution in [0, 0.1) is 13.8 Å². The predicted molar refractivity (Wildman–Crippen MR) is 102 cm³/mol. The monoisotopic (exact) mass is 340 g/mol. The zero-order chi connectivity index (χ0) is 17.3. The Kier molecular flexibility index (Phi) is 4.63. The summed E-state index contributed by atoms with van der Waals surface area (Å²) >= 11 is 6.25. The van der Waals surface area contributed by atoms with Gasteiger partial charge in [0, 0.05) is 11.1 Å². The number of halogens is 1. The first-order valence-corrected chi connectivity index (χ1v) is 8.42. The summed E-state index contributed by atoms with van der Waals surface area (Å²) < 4.78 is 5.84. The first kappa shape index (κ1) is 16.6. The summed E-state index contributed by atoms with van der Waals surface area (Å²) in [6.45, 7) is 8.17. The van der Waals surface area contributed by atoms with Gasteiger partial charge >= 0.3 is 0 Å². The molecule has 0 spiro atoms. The fourth-order valence-electron chi connectivity index (χ4n) is 2.62. The maximum absolute atomic E-state index is 6.25. The smallest absolute Gasteiger partial charge is 0.131 e. The van der Waals surface area contributed by atoms with Crippen LogP contribution in [0.3, 0.4) is 0 Å². The molecule has 4 heteroatoms. The average molecular weight is 341 g/mol. The van der Waals surface area contributed by atoms with Crippen molar-refractivity contribution in [3.05, 3.63) is 58.6 Å². The number of benzene rings is 2. The van der Waals surface area contributed by atoms with Crippen LogP contribution in [0.5, 0.6) is 5.75 Å². The van der Waals surface area contributed by atoms with Crippen LogP contribution in [0.25, 0.3) is 10.9 Å². The molecule has 0 aliphatic rings. The van der Waals surface area contributed by atoms with Gasteiger partial charge in [-0.3, -0.25) is 0 Å². The molecule has 3 aromatic rings. The third kappa shape index (κ3) is 3.46. The van der Waals surface area contributed by atoms with Crippen molar-refractivity contribution in [2.45, 2.75) is 33.8 Å². The van der Waals surface area contributed by atoms with Gasteiger partial charge in [0.25, 0.3) is 0 Å². The van der Waals surface area contributed by atoms with Gasteiger partial charge in [0.15, 0.2) is 0 Å². The Morgan fingerprint density at radius 3 is 2.58 bits per heavy atom. The normalized spacial score (nSPS) is 11.1. The summed E-state index contributed by atoms with van der Waals surface area (Å²) in [6.07, 6.45) is 0.159. The average Bonchev–Trinajstić information content (AvgIpc) is 2.52. The van der Waals surface area contributed by atoms with Gasteiger partial charge < -0.3 is 10.1 Å². The largest absolute Gasteiger partial charge is 0.491 e. The van der Waals surface area contributed by atoms with Crippen LogP contribution in [0.1, 0.15) is 25.0 Å². The van der Waals surface area contributed by atoms with E-state index >= 15 is 0 Å². The number of ether oxygens (including phenoxy) is 1. The van der Waals surface area contributed by atoms with Gasteiger partial charge in [-0.05, 0) is 69.2 Å². The van der Waals surface area contributed by atoms with Crippen molar-refractivity contribution in [1.82, 2.24) is 4.98 Å². The zero-order valence-corrected chi connectivity index (χ0v) is 15.1. The minimum atomic E-state index is 0.159. The summed E-state index contributed by atoms with van der Waals surface area (Å²) in [7, 11) is 0. The van der Waals surface area contributed by atoms with E-state index in [1.807, 2.05) is 51.1 Å². The first-order valence-electron chi connectivity index (χ1n) is 8.04. The third-order valence-electron chi connectivity index (χ3n) is 3.82. The lowest BCUT2D eigenvalue weighted by atomic mass is 10.1. The van der Waals surface area contributed by atoms with Crippen LogP contribution in [-0.2, 0) is 0 Å². The van der Waals surface area contributed by atoms with Gasteiger partial charge in [-0.25, -0.2) is 4.98 Å². The number of fused-ring (bicyclic) bond motifs is 1. The van der Waals surface area contributed by atoms with E-state index < -0.39 is 0 Å². The summed E-state index contributed by atoms with van der Waals surface area (Å²) in [4.78, 5) is 4.64. The molecule has 0 radical (unpaired) electrons. The van der Waals surface area contributed by atoms with E-state index in [9.17, 15) is 0 Å². The second-order valence-electron chi connectivity index (χ2n) is 6.23. The van der Waals surface area contributed by atoms with Gasteiger partial charge in [0.05, 0.1) is 16.6 Å². The van der Waals surface area contributed by atoms with Crippen molar-refractivity contribution in [1.29, 1.82) is 0 Å². The lowest BCUT2D eigenvalue weighted by molar-refractivity contribution is 0.240. The van der Waals surface area contributed by atoms with Crippen LogP contribution in [-0.4, -0.2) is 11.1 Å².